The number of fused-ring (bicyclic) bond motifs is 1. The Morgan fingerprint density at radius 3 is 2.87 bits per heavy atom. The lowest BCUT2D eigenvalue weighted by molar-refractivity contribution is -0.384. The predicted octanol–water partition coefficient (Wildman–Crippen LogP) is 2.78. The van der Waals surface area contributed by atoms with E-state index >= 15 is 0 Å². The summed E-state index contributed by atoms with van der Waals surface area (Å²) in [6.07, 6.45) is 1.43. The predicted molar refractivity (Wildman–Crippen MR) is 56.3 cm³/mol. The van der Waals surface area contributed by atoms with E-state index in [2.05, 4.69) is 4.99 Å². The number of isocyanates is 1. The van der Waals surface area contributed by atoms with Gasteiger partial charge in [0.2, 0.25) is 6.08 Å². The average molecular weight is 220 g/mol. The quantitative estimate of drug-likeness (QED) is 0.338. The van der Waals surface area contributed by atoms with E-state index in [-0.39, 0.29) is 5.69 Å². The first kappa shape index (κ1) is 9.51. The summed E-state index contributed by atoms with van der Waals surface area (Å²) in [7, 11) is 0. The van der Waals surface area contributed by atoms with Crippen LogP contribution in [0.25, 0.3) is 10.1 Å². The second kappa shape index (κ2) is 3.61. The molecule has 1 aromatic heterocycles. The second-order valence-corrected chi connectivity index (χ2v) is 3.83. The van der Waals surface area contributed by atoms with Crippen LogP contribution in [0.2, 0.25) is 0 Å². The molecule has 0 atom stereocenters. The van der Waals surface area contributed by atoms with E-state index in [1.807, 2.05) is 0 Å². The van der Waals surface area contributed by atoms with Crippen molar-refractivity contribution >= 4 is 38.2 Å². The van der Waals surface area contributed by atoms with Crippen molar-refractivity contribution in [1.29, 1.82) is 0 Å². The van der Waals surface area contributed by atoms with Crippen LogP contribution in [-0.2, 0) is 4.79 Å². The van der Waals surface area contributed by atoms with Crippen LogP contribution in [0.15, 0.2) is 29.3 Å². The van der Waals surface area contributed by atoms with Gasteiger partial charge in [0, 0.05) is 22.2 Å². The highest BCUT2D eigenvalue weighted by atomic mass is 32.1. The summed E-state index contributed by atoms with van der Waals surface area (Å²) in [6.45, 7) is 0. The molecule has 1 heterocycles. The monoisotopic (exact) mass is 220 g/mol. The normalized spacial score (nSPS) is 9.87. The minimum absolute atomic E-state index is 0.0296. The van der Waals surface area contributed by atoms with Gasteiger partial charge in [-0.2, -0.15) is 4.99 Å². The number of thiophene rings is 1. The summed E-state index contributed by atoms with van der Waals surface area (Å²) >= 11 is 1.29. The average Bonchev–Trinajstić information content (AvgIpc) is 2.59. The summed E-state index contributed by atoms with van der Waals surface area (Å²) in [5.41, 5.74) is 0.0296. The highest BCUT2D eigenvalue weighted by Crippen LogP contribution is 2.33. The summed E-state index contributed by atoms with van der Waals surface area (Å²) in [6, 6.07) is 6.14. The van der Waals surface area contributed by atoms with Gasteiger partial charge in [-0.3, -0.25) is 10.1 Å². The first-order valence-corrected chi connectivity index (χ1v) is 4.78. The number of benzene rings is 1. The van der Waals surface area contributed by atoms with Gasteiger partial charge in [0.1, 0.15) is 5.00 Å². The largest absolute Gasteiger partial charge is 0.270 e. The zero-order chi connectivity index (χ0) is 10.8. The first-order chi connectivity index (χ1) is 7.20. The van der Waals surface area contributed by atoms with E-state index in [1.54, 1.807) is 12.1 Å². The van der Waals surface area contributed by atoms with Gasteiger partial charge in [0.15, 0.2) is 0 Å². The van der Waals surface area contributed by atoms with Crippen molar-refractivity contribution in [1.82, 2.24) is 0 Å². The van der Waals surface area contributed by atoms with Gasteiger partial charge in [-0.25, -0.2) is 4.79 Å². The lowest BCUT2D eigenvalue weighted by Gasteiger charge is -1.89. The van der Waals surface area contributed by atoms with Gasteiger partial charge >= 0.3 is 0 Å². The summed E-state index contributed by atoms with van der Waals surface area (Å²) in [4.78, 5) is 23.5. The Labute approximate surface area is 87.8 Å². The van der Waals surface area contributed by atoms with Crippen molar-refractivity contribution in [2.24, 2.45) is 4.99 Å². The molecule has 0 amide bonds. The smallest absolute Gasteiger partial charge is 0.258 e. The SMILES string of the molecule is O=C=Nc1cc2cc([N+](=O)[O-])ccc2s1. The molecule has 0 bridgehead atoms. The molecule has 0 unspecified atom stereocenters. The molecule has 0 aliphatic carbocycles. The van der Waals surface area contributed by atoms with E-state index in [4.69, 9.17) is 0 Å². The maximum atomic E-state index is 10.5. The second-order valence-electron chi connectivity index (χ2n) is 2.77. The molecule has 6 heteroatoms. The Morgan fingerprint density at radius 1 is 1.40 bits per heavy atom. The number of aliphatic imine (C=N–C) groups is 1. The molecule has 0 saturated carbocycles. The third kappa shape index (κ3) is 1.76. The van der Waals surface area contributed by atoms with Crippen LogP contribution in [0.3, 0.4) is 0 Å². The number of nitro groups is 1. The van der Waals surface area contributed by atoms with Crippen molar-refractivity contribution < 1.29 is 9.72 Å². The van der Waals surface area contributed by atoms with E-state index in [9.17, 15) is 14.9 Å². The summed E-state index contributed by atoms with van der Waals surface area (Å²) in [5.74, 6) is 0. The van der Waals surface area contributed by atoms with Crippen LogP contribution < -0.4 is 0 Å². The third-order valence-electron chi connectivity index (χ3n) is 1.85. The number of hydrogen-bond acceptors (Lipinski definition) is 5. The van der Waals surface area contributed by atoms with Gasteiger partial charge in [-0.05, 0) is 12.1 Å². The van der Waals surface area contributed by atoms with Crippen molar-refractivity contribution in [3.63, 3.8) is 0 Å². The molecule has 0 N–H and O–H groups in total. The van der Waals surface area contributed by atoms with Crippen LogP contribution in [0, 0.1) is 10.1 Å². The number of hydrogen-bond donors (Lipinski definition) is 0. The Balaban J connectivity index is 2.61. The van der Waals surface area contributed by atoms with Gasteiger partial charge < -0.3 is 0 Å². The lowest BCUT2D eigenvalue weighted by atomic mass is 10.2. The minimum atomic E-state index is -0.459. The van der Waals surface area contributed by atoms with Crippen molar-refractivity contribution in [2.45, 2.75) is 0 Å². The molecule has 1 aromatic carbocycles. The Morgan fingerprint density at radius 2 is 2.20 bits per heavy atom. The molecule has 0 aliphatic heterocycles. The molecular formula is C9H4N2O3S. The van der Waals surface area contributed by atoms with E-state index < -0.39 is 4.92 Å². The van der Waals surface area contributed by atoms with Crippen molar-refractivity contribution in [3.8, 4) is 0 Å². The maximum absolute atomic E-state index is 10.5. The summed E-state index contributed by atoms with van der Waals surface area (Å²) in [5, 5.41) is 11.7. The zero-order valence-electron chi connectivity index (χ0n) is 7.34. The van der Waals surface area contributed by atoms with Crippen LogP contribution in [0.1, 0.15) is 0 Å². The van der Waals surface area contributed by atoms with E-state index in [0.717, 1.165) is 4.70 Å². The molecule has 2 rings (SSSR count). The minimum Gasteiger partial charge on any atom is -0.258 e. The molecular weight excluding hydrogens is 216 g/mol. The van der Waals surface area contributed by atoms with Gasteiger partial charge in [0.25, 0.3) is 5.69 Å². The van der Waals surface area contributed by atoms with Crippen LogP contribution in [0.4, 0.5) is 10.7 Å². The molecule has 0 aliphatic rings. The molecule has 0 fully saturated rings. The maximum Gasteiger partial charge on any atom is 0.270 e. The number of nitrogens with zero attached hydrogens (tertiary/aromatic N) is 2. The fraction of sp³-hybridized carbons (Fsp3) is 0. The molecule has 2 aromatic rings. The molecule has 15 heavy (non-hydrogen) atoms. The number of nitro benzene ring substituents is 1. The fourth-order valence-corrected chi connectivity index (χ4v) is 2.10. The lowest BCUT2D eigenvalue weighted by Crippen LogP contribution is -1.85. The molecule has 0 spiro atoms. The van der Waals surface area contributed by atoms with Crippen LogP contribution in [-0.4, -0.2) is 11.0 Å². The fourth-order valence-electron chi connectivity index (χ4n) is 1.23. The molecule has 5 nitrogen and oxygen atoms in total. The van der Waals surface area contributed by atoms with Gasteiger partial charge in [0.05, 0.1) is 4.92 Å². The number of carbonyl (C=O) groups excluding carboxylic acids is 1. The van der Waals surface area contributed by atoms with Crippen molar-refractivity contribution in [3.05, 3.63) is 34.4 Å². The zero-order valence-corrected chi connectivity index (χ0v) is 8.15. The molecule has 0 radical (unpaired) electrons. The van der Waals surface area contributed by atoms with Crippen LogP contribution in [0.5, 0.6) is 0 Å². The third-order valence-corrected chi connectivity index (χ3v) is 2.86. The Hall–Kier alpha value is -2.04. The van der Waals surface area contributed by atoms with Gasteiger partial charge in [-0.1, -0.05) is 0 Å². The highest BCUT2D eigenvalue weighted by molar-refractivity contribution is 7.22. The number of rotatable bonds is 2. The Bertz CT molecular complexity index is 584. The molecule has 0 saturated heterocycles. The first-order valence-electron chi connectivity index (χ1n) is 3.96. The van der Waals surface area contributed by atoms with E-state index in [1.165, 1.54) is 29.5 Å². The number of non-ortho nitro benzene ring substituents is 1. The topological polar surface area (TPSA) is 72.6 Å². The van der Waals surface area contributed by atoms with E-state index in [0.29, 0.717) is 10.4 Å². The molecule has 74 valence electrons. The van der Waals surface area contributed by atoms with Gasteiger partial charge in [-0.15, -0.1) is 11.3 Å². The highest BCUT2D eigenvalue weighted by Gasteiger charge is 2.08. The standard InChI is InChI=1S/C9H4N2O3S/c12-5-10-9-4-6-3-7(11(13)14)1-2-8(6)15-9/h1-4H. The van der Waals surface area contributed by atoms with Crippen LogP contribution >= 0.6 is 11.3 Å². The Kier molecular flexibility index (Phi) is 2.29. The summed E-state index contributed by atoms with van der Waals surface area (Å²) < 4.78 is 0.856. The van der Waals surface area contributed by atoms with Crippen molar-refractivity contribution in [2.75, 3.05) is 0 Å².